The van der Waals surface area contributed by atoms with Crippen molar-refractivity contribution in [3.8, 4) is 0 Å². The number of hydrazine groups is 1. The molecule has 1 amide bonds. The van der Waals surface area contributed by atoms with Gasteiger partial charge < -0.3 is 15.3 Å². The van der Waals surface area contributed by atoms with Crippen LogP contribution in [0.25, 0.3) is 10.9 Å². The summed E-state index contributed by atoms with van der Waals surface area (Å²) in [4.78, 5) is 16.4. The third kappa shape index (κ3) is 2.17. The number of nitrogens with two attached hydrogens (primary N) is 1. The first-order valence-electron chi connectivity index (χ1n) is 5.86. The number of rotatable bonds is 3. The van der Waals surface area contributed by atoms with E-state index in [0.29, 0.717) is 17.0 Å². The smallest absolute Gasteiger partial charge is 0.275 e. The van der Waals surface area contributed by atoms with Gasteiger partial charge in [0.15, 0.2) is 5.82 Å². The standard InChI is InChI=1S/C13H11N5O2/c14-17-10-7-11(13(19)16-12-5-6-20-18-12)15-9-4-2-1-3-8(9)10/h1-7H,14H2,(H,15,17)(H,16,18,19). The Bertz CT molecular complexity index is 755. The summed E-state index contributed by atoms with van der Waals surface area (Å²) in [6.07, 6.45) is 1.37. The molecule has 3 rings (SSSR count). The fourth-order valence-electron chi connectivity index (χ4n) is 1.87. The highest BCUT2D eigenvalue weighted by Crippen LogP contribution is 2.22. The van der Waals surface area contributed by atoms with Gasteiger partial charge in [0.2, 0.25) is 0 Å². The minimum absolute atomic E-state index is 0.236. The second-order valence-electron chi connectivity index (χ2n) is 4.06. The molecule has 0 saturated carbocycles. The van der Waals surface area contributed by atoms with Gasteiger partial charge in [0, 0.05) is 11.5 Å². The average molecular weight is 269 g/mol. The molecule has 0 aliphatic carbocycles. The van der Waals surface area contributed by atoms with E-state index in [1.165, 1.54) is 6.26 Å². The van der Waals surface area contributed by atoms with Gasteiger partial charge in [-0.3, -0.25) is 10.6 Å². The van der Waals surface area contributed by atoms with Crippen LogP contribution in [0, 0.1) is 0 Å². The van der Waals surface area contributed by atoms with Crippen molar-refractivity contribution in [3.63, 3.8) is 0 Å². The topological polar surface area (TPSA) is 106 Å². The fraction of sp³-hybridized carbons (Fsp3) is 0. The average Bonchev–Trinajstić information content (AvgIpc) is 2.99. The number of anilines is 2. The van der Waals surface area contributed by atoms with Gasteiger partial charge in [0.25, 0.3) is 5.91 Å². The summed E-state index contributed by atoms with van der Waals surface area (Å²) in [5.74, 6) is 5.42. The lowest BCUT2D eigenvalue weighted by atomic mass is 10.1. The molecule has 4 N–H and O–H groups in total. The zero-order chi connectivity index (χ0) is 13.9. The zero-order valence-electron chi connectivity index (χ0n) is 10.3. The lowest BCUT2D eigenvalue weighted by Gasteiger charge is -2.08. The third-order valence-corrected chi connectivity index (χ3v) is 2.78. The molecule has 100 valence electrons. The van der Waals surface area contributed by atoms with Gasteiger partial charge in [-0.15, -0.1) is 0 Å². The highest BCUT2D eigenvalue weighted by molar-refractivity contribution is 6.05. The predicted octanol–water partition coefficient (Wildman–Crippen LogP) is 1.76. The van der Waals surface area contributed by atoms with Crippen molar-refractivity contribution in [2.24, 2.45) is 5.84 Å². The number of amides is 1. The molecule has 3 aromatic rings. The molecule has 1 aromatic carbocycles. The van der Waals surface area contributed by atoms with Crippen molar-refractivity contribution in [2.45, 2.75) is 0 Å². The molecule has 0 spiro atoms. The van der Waals surface area contributed by atoms with Crippen LogP contribution in [0.15, 0.2) is 47.2 Å². The number of hydrogen-bond acceptors (Lipinski definition) is 6. The van der Waals surface area contributed by atoms with E-state index in [1.807, 2.05) is 24.3 Å². The van der Waals surface area contributed by atoms with Crippen LogP contribution >= 0.6 is 0 Å². The Morgan fingerprint density at radius 1 is 1.25 bits per heavy atom. The molecule has 2 aromatic heterocycles. The molecular formula is C13H11N5O2. The Morgan fingerprint density at radius 3 is 2.85 bits per heavy atom. The number of carbonyl (C=O) groups is 1. The Hall–Kier alpha value is -2.93. The van der Waals surface area contributed by atoms with E-state index in [9.17, 15) is 4.79 Å². The normalized spacial score (nSPS) is 10.4. The summed E-state index contributed by atoms with van der Waals surface area (Å²) < 4.78 is 4.65. The summed E-state index contributed by atoms with van der Waals surface area (Å²) in [7, 11) is 0. The van der Waals surface area contributed by atoms with E-state index in [2.05, 4.69) is 25.4 Å². The van der Waals surface area contributed by atoms with Gasteiger partial charge in [-0.2, -0.15) is 0 Å². The van der Waals surface area contributed by atoms with Crippen LogP contribution in [-0.2, 0) is 0 Å². The SMILES string of the molecule is NNc1cc(C(=O)Nc2ccon2)nc2ccccc12. The van der Waals surface area contributed by atoms with E-state index in [-0.39, 0.29) is 11.6 Å². The van der Waals surface area contributed by atoms with Crippen LogP contribution in [-0.4, -0.2) is 16.0 Å². The number of benzene rings is 1. The summed E-state index contributed by atoms with van der Waals surface area (Å²) in [5.41, 5.74) is 4.11. The summed E-state index contributed by atoms with van der Waals surface area (Å²) in [6, 6.07) is 10.5. The maximum absolute atomic E-state index is 12.1. The molecule has 0 aliphatic heterocycles. The van der Waals surface area contributed by atoms with Crippen molar-refractivity contribution < 1.29 is 9.32 Å². The number of nitrogens with one attached hydrogen (secondary N) is 2. The molecule has 7 nitrogen and oxygen atoms in total. The summed E-state index contributed by atoms with van der Waals surface area (Å²) >= 11 is 0. The number of carbonyl (C=O) groups excluding carboxylic acids is 1. The van der Waals surface area contributed by atoms with E-state index < -0.39 is 0 Å². The van der Waals surface area contributed by atoms with Crippen molar-refractivity contribution in [1.82, 2.24) is 10.1 Å². The van der Waals surface area contributed by atoms with E-state index in [1.54, 1.807) is 12.1 Å². The zero-order valence-corrected chi connectivity index (χ0v) is 10.3. The molecule has 0 unspecified atom stereocenters. The number of para-hydroxylation sites is 1. The number of pyridine rings is 1. The second-order valence-corrected chi connectivity index (χ2v) is 4.06. The van der Waals surface area contributed by atoms with Gasteiger partial charge in [-0.25, -0.2) is 4.98 Å². The molecule has 20 heavy (non-hydrogen) atoms. The first-order valence-corrected chi connectivity index (χ1v) is 5.86. The van der Waals surface area contributed by atoms with E-state index in [0.717, 1.165) is 5.39 Å². The molecule has 0 radical (unpaired) electrons. The van der Waals surface area contributed by atoms with Crippen LogP contribution in [0.1, 0.15) is 10.5 Å². The molecule has 7 heteroatoms. The third-order valence-electron chi connectivity index (χ3n) is 2.78. The Kier molecular flexibility index (Phi) is 3.02. The van der Waals surface area contributed by atoms with E-state index >= 15 is 0 Å². The minimum Gasteiger partial charge on any atom is -0.363 e. The van der Waals surface area contributed by atoms with Gasteiger partial charge in [-0.1, -0.05) is 23.4 Å². The van der Waals surface area contributed by atoms with Crippen LogP contribution in [0.2, 0.25) is 0 Å². The van der Waals surface area contributed by atoms with Crippen molar-refractivity contribution in [2.75, 3.05) is 10.7 Å². The number of aromatic nitrogens is 2. The monoisotopic (exact) mass is 269 g/mol. The Balaban J connectivity index is 2.01. The molecule has 0 fully saturated rings. The van der Waals surface area contributed by atoms with Gasteiger partial charge in [-0.05, 0) is 12.1 Å². The quantitative estimate of drug-likeness (QED) is 0.494. The molecule has 0 saturated heterocycles. The molecular weight excluding hydrogens is 258 g/mol. The number of nitrogen functional groups attached to an aromatic ring is 1. The Morgan fingerprint density at radius 2 is 2.10 bits per heavy atom. The largest absolute Gasteiger partial charge is 0.363 e. The highest BCUT2D eigenvalue weighted by atomic mass is 16.5. The maximum Gasteiger partial charge on any atom is 0.275 e. The second kappa shape index (κ2) is 4.98. The van der Waals surface area contributed by atoms with Crippen molar-refractivity contribution >= 4 is 28.3 Å². The van der Waals surface area contributed by atoms with Crippen molar-refractivity contribution in [3.05, 3.63) is 48.4 Å². The van der Waals surface area contributed by atoms with Crippen LogP contribution < -0.4 is 16.6 Å². The number of fused-ring (bicyclic) bond motifs is 1. The fourth-order valence-corrected chi connectivity index (χ4v) is 1.87. The highest BCUT2D eigenvalue weighted by Gasteiger charge is 2.12. The van der Waals surface area contributed by atoms with Gasteiger partial charge in [0.05, 0.1) is 11.2 Å². The first-order chi connectivity index (χ1) is 9.78. The molecule has 0 bridgehead atoms. The van der Waals surface area contributed by atoms with E-state index in [4.69, 9.17) is 5.84 Å². The van der Waals surface area contributed by atoms with Gasteiger partial charge in [0.1, 0.15) is 12.0 Å². The maximum atomic E-state index is 12.1. The van der Waals surface area contributed by atoms with Crippen LogP contribution in [0.4, 0.5) is 11.5 Å². The van der Waals surface area contributed by atoms with Crippen LogP contribution in [0.3, 0.4) is 0 Å². The Labute approximate surface area is 113 Å². The lowest BCUT2D eigenvalue weighted by molar-refractivity contribution is 0.102. The number of nitrogens with zero attached hydrogens (tertiary/aromatic N) is 2. The molecule has 2 heterocycles. The summed E-state index contributed by atoms with van der Waals surface area (Å²) in [5, 5.41) is 7.03. The predicted molar refractivity (Wildman–Crippen MR) is 74.0 cm³/mol. The molecule has 0 aliphatic rings. The van der Waals surface area contributed by atoms with Crippen molar-refractivity contribution in [1.29, 1.82) is 0 Å². The summed E-state index contributed by atoms with van der Waals surface area (Å²) in [6.45, 7) is 0. The van der Waals surface area contributed by atoms with Crippen LogP contribution in [0.5, 0.6) is 0 Å². The minimum atomic E-state index is -0.388. The number of hydrogen-bond donors (Lipinski definition) is 3. The molecule has 0 atom stereocenters. The first kappa shape index (κ1) is 12.1. The lowest BCUT2D eigenvalue weighted by Crippen LogP contribution is -2.15. The van der Waals surface area contributed by atoms with Gasteiger partial charge >= 0.3 is 0 Å².